The van der Waals surface area contributed by atoms with Crippen molar-refractivity contribution < 1.29 is 13.2 Å². The molecule has 0 unspecified atom stereocenters. The Hall–Kier alpha value is -1.35. The Morgan fingerprint density at radius 1 is 1.40 bits per heavy atom. The van der Waals surface area contributed by atoms with Crippen molar-refractivity contribution in [1.82, 2.24) is 14.3 Å². The van der Waals surface area contributed by atoms with Crippen molar-refractivity contribution in [3.63, 3.8) is 0 Å². The third-order valence-corrected chi connectivity index (χ3v) is 6.27. The topological polar surface area (TPSA) is 72.4 Å². The zero-order valence-electron chi connectivity index (χ0n) is 10.5. The molecule has 1 fully saturated rings. The van der Waals surface area contributed by atoms with Crippen molar-refractivity contribution in [2.75, 3.05) is 19.7 Å². The van der Waals surface area contributed by atoms with E-state index in [9.17, 15) is 8.42 Å². The number of ether oxygens (including phenoxy) is 1. The highest BCUT2D eigenvalue weighted by Gasteiger charge is 2.32. The van der Waals surface area contributed by atoms with Gasteiger partial charge in [0.2, 0.25) is 0 Å². The van der Waals surface area contributed by atoms with Gasteiger partial charge in [0, 0.05) is 25.5 Å². The van der Waals surface area contributed by atoms with Crippen LogP contribution >= 0.6 is 11.3 Å². The van der Waals surface area contributed by atoms with Crippen LogP contribution in [0, 0.1) is 0 Å². The minimum Gasteiger partial charge on any atom is -0.369 e. The van der Waals surface area contributed by atoms with E-state index in [1.807, 2.05) is 0 Å². The predicted molar refractivity (Wildman–Crippen MR) is 73.8 cm³/mol. The Kier molecular flexibility index (Phi) is 3.79. The molecule has 0 saturated carbocycles. The maximum atomic E-state index is 12.5. The summed E-state index contributed by atoms with van der Waals surface area (Å²) < 4.78 is 32.3. The second-order valence-corrected chi connectivity index (χ2v) is 7.40. The maximum Gasteiger partial charge on any atom is 0.252 e. The van der Waals surface area contributed by atoms with Crippen LogP contribution in [0.3, 0.4) is 0 Å². The van der Waals surface area contributed by atoms with Crippen molar-refractivity contribution in [2.45, 2.75) is 10.3 Å². The van der Waals surface area contributed by atoms with Gasteiger partial charge in [0.05, 0.1) is 18.5 Å². The molecule has 0 amide bonds. The number of thiophene rings is 1. The molecule has 0 spiro atoms. The molecular formula is C12H13N3O3S2. The molecule has 3 rings (SSSR count). The quantitative estimate of drug-likeness (QED) is 0.854. The standard InChI is InChI=1S/C12H13N3O3S2/c16-20(17,12-2-1-7-19-12)15-5-6-18-11(9-15)10-8-13-3-4-14-10/h1-4,7-8,11H,5-6,9H2/t11-/m0/s1. The minimum atomic E-state index is -3.44. The van der Waals surface area contributed by atoms with E-state index in [1.165, 1.54) is 15.6 Å². The second-order valence-electron chi connectivity index (χ2n) is 4.28. The van der Waals surface area contributed by atoms with Crippen LogP contribution in [-0.4, -0.2) is 42.4 Å². The normalized spacial score (nSPS) is 20.9. The van der Waals surface area contributed by atoms with E-state index in [4.69, 9.17) is 4.74 Å². The molecular weight excluding hydrogens is 298 g/mol. The summed E-state index contributed by atoms with van der Waals surface area (Å²) in [4.78, 5) is 8.16. The van der Waals surface area contributed by atoms with E-state index in [0.29, 0.717) is 23.1 Å². The first-order valence-electron chi connectivity index (χ1n) is 6.09. The summed E-state index contributed by atoms with van der Waals surface area (Å²) in [5.41, 5.74) is 0.651. The molecule has 1 atom stereocenters. The van der Waals surface area contributed by atoms with Crippen molar-refractivity contribution in [3.8, 4) is 0 Å². The summed E-state index contributed by atoms with van der Waals surface area (Å²) in [6.07, 6.45) is 4.39. The maximum absolute atomic E-state index is 12.5. The van der Waals surface area contributed by atoms with Crippen molar-refractivity contribution in [3.05, 3.63) is 41.8 Å². The number of hydrogen-bond acceptors (Lipinski definition) is 6. The zero-order valence-corrected chi connectivity index (χ0v) is 12.2. The van der Waals surface area contributed by atoms with Crippen molar-refractivity contribution in [1.29, 1.82) is 0 Å². The van der Waals surface area contributed by atoms with E-state index in [2.05, 4.69) is 9.97 Å². The molecule has 1 aliphatic heterocycles. The fourth-order valence-corrected chi connectivity index (χ4v) is 4.61. The highest BCUT2D eigenvalue weighted by atomic mass is 32.2. The molecule has 8 heteroatoms. The zero-order chi connectivity index (χ0) is 14.0. The Labute approximate surface area is 121 Å². The first-order chi connectivity index (χ1) is 9.68. The van der Waals surface area contributed by atoms with Gasteiger partial charge in [-0.1, -0.05) is 6.07 Å². The van der Waals surface area contributed by atoms with Gasteiger partial charge >= 0.3 is 0 Å². The van der Waals surface area contributed by atoms with Gasteiger partial charge in [-0.05, 0) is 11.4 Å². The Morgan fingerprint density at radius 3 is 3.00 bits per heavy atom. The smallest absolute Gasteiger partial charge is 0.252 e. The first-order valence-corrected chi connectivity index (χ1v) is 8.41. The van der Waals surface area contributed by atoms with E-state index in [1.54, 1.807) is 36.1 Å². The van der Waals surface area contributed by atoms with Gasteiger partial charge in [-0.3, -0.25) is 9.97 Å². The largest absolute Gasteiger partial charge is 0.369 e. The molecule has 2 aromatic heterocycles. The van der Waals surface area contributed by atoms with Crippen LogP contribution in [0.4, 0.5) is 0 Å². The Bertz CT molecular complexity index is 659. The summed E-state index contributed by atoms with van der Waals surface area (Å²) in [6, 6.07) is 3.35. The molecule has 0 aliphatic carbocycles. The van der Waals surface area contributed by atoms with E-state index >= 15 is 0 Å². The van der Waals surface area contributed by atoms with Gasteiger partial charge in [-0.15, -0.1) is 11.3 Å². The summed E-state index contributed by atoms with van der Waals surface area (Å²) >= 11 is 1.22. The number of rotatable bonds is 3. The molecule has 2 aromatic rings. The van der Waals surface area contributed by atoms with Crippen LogP contribution in [0.1, 0.15) is 11.8 Å². The number of morpholine rings is 1. The van der Waals surface area contributed by atoms with E-state index in [-0.39, 0.29) is 12.6 Å². The van der Waals surface area contributed by atoms with Gasteiger partial charge < -0.3 is 4.74 Å². The highest BCUT2D eigenvalue weighted by Crippen LogP contribution is 2.26. The first kappa shape index (κ1) is 13.6. The molecule has 106 valence electrons. The molecule has 0 aromatic carbocycles. The molecule has 1 aliphatic rings. The number of hydrogen-bond donors (Lipinski definition) is 0. The highest BCUT2D eigenvalue weighted by molar-refractivity contribution is 7.91. The average molecular weight is 311 g/mol. The SMILES string of the molecule is O=S(=O)(c1cccs1)N1CCO[C@H](c2cnccn2)C1. The fraction of sp³-hybridized carbons (Fsp3) is 0.333. The van der Waals surface area contributed by atoms with E-state index in [0.717, 1.165) is 0 Å². The monoisotopic (exact) mass is 311 g/mol. The second kappa shape index (κ2) is 5.57. The molecule has 0 N–H and O–H groups in total. The molecule has 1 saturated heterocycles. The van der Waals surface area contributed by atoms with Crippen molar-refractivity contribution >= 4 is 21.4 Å². The van der Waals surface area contributed by atoms with Gasteiger partial charge in [-0.25, -0.2) is 8.42 Å². The molecule has 0 bridgehead atoms. The van der Waals surface area contributed by atoms with Gasteiger partial charge in [-0.2, -0.15) is 4.31 Å². The molecule has 20 heavy (non-hydrogen) atoms. The van der Waals surface area contributed by atoms with Gasteiger partial charge in [0.1, 0.15) is 10.3 Å². The van der Waals surface area contributed by atoms with Crippen LogP contribution in [0.2, 0.25) is 0 Å². The van der Waals surface area contributed by atoms with Crippen LogP contribution in [0.25, 0.3) is 0 Å². The lowest BCUT2D eigenvalue weighted by Gasteiger charge is -2.31. The minimum absolute atomic E-state index is 0.263. The number of aromatic nitrogens is 2. The van der Waals surface area contributed by atoms with Gasteiger partial charge in [0.25, 0.3) is 10.0 Å². The molecule has 6 nitrogen and oxygen atoms in total. The van der Waals surface area contributed by atoms with Crippen LogP contribution < -0.4 is 0 Å². The number of nitrogens with zero attached hydrogens (tertiary/aromatic N) is 3. The summed E-state index contributed by atoms with van der Waals surface area (Å²) in [5, 5.41) is 1.76. The number of sulfonamides is 1. The van der Waals surface area contributed by atoms with Gasteiger partial charge in [0.15, 0.2) is 0 Å². The lowest BCUT2D eigenvalue weighted by molar-refractivity contribution is -0.00509. The summed E-state index contributed by atoms with van der Waals surface area (Å²) in [6.45, 7) is 0.974. The summed E-state index contributed by atoms with van der Waals surface area (Å²) in [5.74, 6) is 0. The molecule has 0 radical (unpaired) electrons. The summed E-state index contributed by atoms with van der Waals surface area (Å²) in [7, 11) is -3.44. The Morgan fingerprint density at radius 2 is 2.30 bits per heavy atom. The van der Waals surface area contributed by atoms with E-state index < -0.39 is 10.0 Å². The van der Waals surface area contributed by atoms with Crippen LogP contribution in [0.5, 0.6) is 0 Å². The predicted octanol–water partition coefficient (Wildman–Crippen LogP) is 1.30. The Balaban J connectivity index is 1.83. The molecule has 3 heterocycles. The van der Waals surface area contributed by atoms with Crippen molar-refractivity contribution in [2.24, 2.45) is 0 Å². The third-order valence-electron chi connectivity index (χ3n) is 3.03. The lowest BCUT2D eigenvalue weighted by Crippen LogP contribution is -2.42. The van der Waals surface area contributed by atoms with Crippen LogP contribution in [0.15, 0.2) is 40.3 Å². The van der Waals surface area contributed by atoms with Crippen LogP contribution in [-0.2, 0) is 14.8 Å². The average Bonchev–Trinajstić information content (AvgIpc) is 3.03. The third kappa shape index (κ3) is 2.59. The lowest BCUT2D eigenvalue weighted by atomic mass is 10.2. The fourth-order valence-electron chi connectivity index (χ4n) is 2.04.